The van der Waals surface area contributed by atoms with Crippen LogP contribution in [0.3, 0.4) is 0 Å². The highest BCUT2D eigenvalue weighted by Crippen LogP contribution is 2.29. The highest BCUT2D eigenvalue weighted by molar-refractivity contribution is 7.99. The van der Waals surface area contributed by atoms with E-state index >= 15 is 0 Å². The fraction of sp³-hybridized carbons (Fsp3) is 0.286. The zero-order valence-electron chi connectivity index (χ0n) is 17.2. The number of nitrogens with one attached hydrogen (secondary N) is 1. The first kappa shape index (κ1) is 23.7. The van der Waals surface area contributed by atoms with E-state index in [1.54, 1.807) is 24.3 Å². The van der Waals surface area contributed by atoms with E-state index < -0.39 is 0 Å². The molecular formula is C21H21Cl3N4O2S. The van der Waals surface area contributed by atoms with Crippen LogP contribution in [0.15, 0.2) is 41.6 Å². The van der Waals surface area contributed by atoms with Gasteiger partial charge in [0.15, 0.2) is 17.1 Å². The van der Waals surface area contributed by atoms with Crippen LogP contribution >= 0.6 is 46.6 Å². The molecule has 0 bridgehead atoms. The molecule has 6 nitrogen and oxygen atoms in total. The van der Waals surface area contributed by atoms with Crippen molar-refractivity contribution in [3.05, 3.63) is 62.9 Å². The summed E-state index contributed by atoms with van der Waals surface area (Å²) in [5.41, 5.74) is 1.41. The van der Waals surface area contributed by atoms with E-state index in [1.165, 1.54) is 11.8 Å². The highest BCUT2D eigenvalue weighted by atomic mass is 35.5. The van der Waals surface area contributed by atoms with Crippen LogP contribution in [-0.4, -0.2) is 26.4 Å². The van der Waals surface area contributed by atoms with Gasteiger partial charge in [-0.3, -0.25) is 4.79 Å². The van der Waals surface area contributed by atoms with Crippen molar-refractivity contribution in [2.45, 2.75) is 38.6 Å². The summed E-state index contributed by atoms with van der Waals surface area (Å²) in [7, 11) is 0. The molecule has 0 radical (unpaired) electrons. The Hall–Kier alpha value is -1.93. The van der Waals surface area contributed by atoms with Gasteiger partial charge in [-0.05, 0) is 62.7 Å². The van der Waals surface area contributed by atoms with Crippen LogP contribution in [-0.2, 0) is 11.3 Å². The molecule has 1 N–H and O–H groups in total. The van der Waals surface area contributed by atoms with Crippen LogP contribution in [0.5, 0.6) is 5.75 Å². The Morgan fingerprint density at radius 3 is 2.58 bits per heavy atom. The zero-order chi connectivity index (χ0) is 22.5. The Bertz CT molecular complexity index is 1090. The SMILES string of the molecule is CCn1c(SCC(=O)Nc2cc(Cl)ccc2Cl)nnc1C(C)Oc1ccc(Cl)cc1C. The molecule has 1 unspecified atom stereocenters. The molecule has 2 aromatic carbocycles. The van der Waals surface area contributed by atoms with Crippen molar-refractivity contribution < 1.29 is 9.53 Å². The minimum absolute atomic E-state index is 0.145. The number of anilines is 1. The molecular weight excluding hydrogens is 479 g/mol. The van der Waals surface area contributed by atoms with Gasteiger partial charge in [0.2, 0.25) is 5.91 Å². The van der Waals surface area contributed by atoms with E-state index in [0.717, 1.165) is 11.3 Å². The first-order valence-corrected chi connectivity index (χ1v) is 11.6. The first-order valence-electron chi connectivity index (χ1n) is 9.52. The van der Waals surface area contributed by atoms with Crippen LogP contribution in [0.1, 0.15) is 31.3 Å². The van der Waals surface area contributed by atoms with E-state index in [2.05, 4.69) is 15.5 Å². The number of halogens is 3. The maximum absolute atomic E-state index is 12.4. The summed E-state index contributed by atoms with van der Waals surface area (Å²) >= 11 is 19.4. The van der Waals surface area contributed by atoms with Crippen molar-refractivity contribution in [3.63, 3.8) is 0 Å². The third-order valence-electron chi connectivity index (χ3n) is 4.40. The average molecular weight is 500 g/mol. The van der Waals surface area contributed by atoms with Gasteiger partial charge in [-0.25, -0.2) is 0 Å². The minimum Gasteiger partial charge on any atom is -0.482 e. The number of hydrogen-bond donors (Lipinski definition) is 1. The predicted molar refractivity (Wildman–Crippen MR) is 127 cm³/mol. The normalized spacial score (nSPS) is 11.9. The van der Waals surface area contributed by atoms with Gasteiger partial charge in [0, 0.05) is 16.6 Å². The molecule has 0 fully saturated rings. The van der Waals surface area contributed by atoms with Crippen molar-refractivity contribution in [1.82, 2.24) is 14.8 Å². The Kier molecular flexibility index (Phi) is 8.11. The van der Waals surface area contributed by atoms with Crippen LogP contribution in [0.2, 0.25) is 15.1 Å². The van der Waals surface area contributed by atoms with Gasteiger partial charge < -0.3 is 14.6 Å². The van der Waals surface area contributed by atoms with Crippen LogP contribution in [0, 0.1) is 6.92 Å². The maximum Gasteiger partial charge on any atom is 0.234 e. The lowest BCUT2D eigenvalue weighted by Crippen LogP contribution is -2.15. The van der Waals surface area contributed by atoms with Gasteiger partial charge in [-0.2, -0.15) is 0 Å². The summed E-state index contributed by atoms with van der Waals surface area (Å²) in [5.74, 6) is 1.33. The molecule has 31 heavy (non-hydrogen) atoms. The van der Waals surface area contributed by atoms with Gasteiger partial charge in [-0.15, -0.1) is 10.2 Å². The smallest absolute Gasteiger partial charge is 0.234 e. The number of thioether (sulfide) groups is 1. The molecule has 0 saturated carbocycles. The molecule has 0 aliphatic heterocycles. The Morgan fingerprint density at radius 2 is 1.87 bits per heavy atom. The van der Waals surface area contributed by atoms with Crippen molar-refractivity contribution in [2.75, 3.05) is 11.1 Å². The number of carbonyl (C=O) groups excluding carboxylic acids is 1. The molecule has 1 heterocycles. The summed E-state index contributed by atoms with van der Waals surface area (Å²) in [4.78, 5) is 12.4. The summed E-state index contributed by atoms with van der Waals surface area (Å²) < 4.78 is 8.00. The van der Waals surface area contributed by atoms with Crippen molar-refractivity contribution in [2.24, 2.45) is 0 Å². The lowest BCUT2D eigenvalue weighted by atomic mass is 10.2. The van der Waals surface area contributed by atoms with Crippen LogP contribution in [0.4, 0.5) is 5.69 Å². The van der Waals surface area contributed by atoms with Crippen molar-refractivity contribution >= 4 is 58.2 Å². The standard InChI is InChI=1S/C21H21Cl3N4O2S/c1-4-28-20(13(3)30-18-8-6-14(22)9-12(18)2)26-27-21(28)31-11-19(29)25-17-10-15(23)5-7-16(17)24/h5-10,13H,4,11H2,1-3H3,(H,25,29). The summed E-state index contributed by atoms with van der Waals surface area (Å²) in [6.07, 6.45) is -0.333. The number of aryl methyl sites for hydroxylation is 1. The largest absolute Gasteiger partial charge is 0.482 e. The van der Waals surface area contributed by atoms with Gasteiger partial charge in [-0.1, -0.05) is 46.6 Å². The monoisotopic (exact) mass is 498 g/mol. The Morgan fingerprint density at radius 1 is 1.16 bits per heavy atom. The lowest BCUT2D eigenvalue weighted by Gasteiger charge is -2.17. The Labute approximate surface area is 200 Å². The molecule has 10 heteroatoms. The summed E-state index contributed by atoms with van der Waals surface area (Å²) in [5, 5.41) is 13.5. The number of aromatic nitrogens is 3. The number of rotatable bonds is 8. The Balaban J connectivity index is 1.66. The van der Waals surface area contributed by atoms with E-state index in [0.29, 0.717) is 38.3 Å². The van der Waals surface area contributed by atoms with Crippen molar-refractivity contribution in [1.29, 1.82) is 0 Å². The fourth-order valence-electron chi connectivity index (χ4n) is 2.90. The quantitative estimate of drug-likeness (QED) is 0.361. The van der Waals surface area contributed by atoms with E-state index in [1.807, 2.05) is 37.5 Å². The molecule has 164 valence electrons. The molecule has 1 atom stereocenters. The minimum atomic E-state index is -0.333. The second kappa shape index (κ2) is 10.6. The molecule has 1 aromatic heterocycles. The lowest BCUT2D eigenvalue weighted by molar-refractivity contribution is -0.113. The third-order valence-corrected chi connectivity index (χ3v) is 6.17. The van der Waals surface area contributed by atoms with Gasteiger partial charge in [0.05, 0.1) is 16.5 Å². The van der Waals surface area contributed by atoms with E-state index in [4.69, 9.17) is 39.5 Å². The predicted octanol–water partition coefficient (Wildman–Crippen LogP) is 6.44. The van der Waals surface area contributed by atoms with Gasteiger partial charge in [0.1, 0.15) is 5.75 Å². The first-order chi connectivity index (χ1) is 14.8. The molecule has 0 aliphatic rings. The van der Waals surface area contributed by atoms with Crippen molar-refractivity contribution in [3.8, 4) is 5.75 Å². The van der Waals surface area contributed by atoms with E-state index in [9.17, 15) is 4.79 Å². The molecule has 1 amide bonds. The van der Waals surface area contributed by atoms with Crippen LogP contribution in [0.25, 0.3) is 0 Å². The number of ether oxygens (including phenoxy) is 1. The number of hydrogen-bond acceptors (Lipinski definition) is 5. The van der Waals surface area contributed by atoms with Gasteiger partial charge in [0.25, 0.3) is 0 Å². The third kappa shape index (κ3) is 6.07. The zero-order valence-corrected chi connectivity index (χ0v) is 20.2. The summed E-state index contributed by atoms with van der Waals surface area (Å²) in [6, 6.07) is 10.4. The second-order valence-electron chi connectivity index (χ2n) is 6.72. The highest BCUT2D eigenvalue weighted by Gasteiger charge is 2.20. The summed E-state index contributed by atoms with van der Waals surface area (Å²) in [6.45, 7) is 6.47. The second-order valence-corrected chi connectivity index (χ2v) is 8.94. The van der Waals surface area contributed by atoms with Gasteiger partial charge >= 0.3 is 0 Å². The number of benzene rings is 2. The molecule has 0 spiro atoms. The molecule has 0 saturated heterocycles. The number of carbonyl (C=O) groups is 1. The topological polar surface area (TPSA) is 69.0 Å². The molecule has 0 aliphatic carbocycles. The van der Waals surface area contributed by atoms with E-state index in [-0.39, 0.29) is 17.8 Å². The number of amides is 1. The maximum atomic E-state index is 12.4. The van der Waals surface area contributed by atoms with Crippen LogP contribution < -0.4 is 10.1 Å². The number of nitrogens with zero attached hydrogens (tertiary/aromatic N) is 3. The molecule has 3 aromatic rings. The average Bonchev–Trinajstić information content (AvgIpc) is 3.14. The fourth-order valence-corrected chi connectivity index (χ4v) is 4.28. The molecule has 3 rings (SSSR count).